The lowest BCUT2D eigenvalue weighted by Crippen LogP contribution is -2.36. The topological polar surface area (TPSA) is 3.24 Å². The highest BCUT2D eigenvalue weighted by Crippen LogP contribution is 2.34. The predicted octanol–water partition coefficient (Wildman–Crippen LogP) is 9.46. The molecule has 31 heavy (non-hydrogen) atoms. The van der Waals surface area contributed by atoms with E-state index in [0.717, 1.165) is 24.3 Å². The first kappa shape index (κ1) is 30.2. The maximum atomic E-state index is 4.10. The summed E-state index contributed by atoms with van der Waals surface area (Å²) < 4.78 is 0. The van der Waals surface area contributed by atoms with Crippen LogP contribution in [-0.4, -0.2) is 24.5 Å². The van der Waals surface area contributed by atoms with Crippen LogP contribution in [0.25, 0.3) is 0 Å². The number of nitrogens with zero attached hydrogens (tertiary/aromatic N) is 1. The lowest BCUT2D eigenvalue weighted by molar-refractivity contribution is 0.196. The molecule has 2 unspecified atom stereocenters. The van der Waals surface area contributed by atoms with Crippen LogP contribution in [0.15, 0.2) is 36.0 Å². The summed E-state index contributed by atoms with van der Waals surface area (Å²) in [5.74, 6) is 2.45. The second-order valence-corrected chi connectivity index (χ2v) is 10.8. The van der Waals surface area contributed by atoms with Gasteiger partial charge in [-0.1, -0.05) is 105 Å². The van der Waals surface area contributed by atoms with Crippen molar-refractivity contribution in [3.05, 3.63) is 36.0 Å². The lowest BCUT2D eigenvalue weighted by atomic mass is 9.74. The van der Waals surface area contributed by atoms with Crippen LogP contribution < -0.4 is 0 Å². The summed E-state index contributed by atoms with van der Waals surface area (Å²) in [7, 11) is 0. The van der Waals surface area contributed by atoms with Gasteiger partial charge in [0, 0.05) is 13.1 Å². The highest BCUT2D eigenvalue weighted by Gasteiger charge is 2.23. The molecule has 0 aromatic carbocycles. The van der Waals surface area contributed by atoms with Gasteiger partial charge in [0.1, 0.15) is 0 Å². The van der Waals surface area contributed by atoms with Crippen LogP contribution in [0.4, 0.5) is 0 Å². The summed E-state index contributed by atoms with van der Waals surface area (Å²) in [6, 6.07) is 0. The first-order valence-corrected chi connectivity index (χ1v) is 13.4. The summed E-state index contributed by atoms with van der Waals surface area (Å²) >= 11 is 0. The second kappa shape index (κ2) is 16.8. The number of rotatable bonds is 9. The molecule has 0 aromatic rings. The summed E-state index contributed by atoms with van der Waals surface area (Å²) in [4.78, 5) is 2.59. The van der Waals surface area contributed by atoms with E-state index in [0.29, 0.717) is 5.41 Å². The van der Waals surface area contributed by atoms with Gasteiger partial charge in [-0.25, -0.2) is 0 Å². The Morgan fingerprint density at radius 2 is 1.87 bits per heavy atom. The van der Waals surface area contributed by atoms with E-state index in [4.69, 9.17) is 0 Å². The zero-order chi connectivity index (χ0) is 23.9. The van der Waals surface area contributed by atoms with Crippen LogP contribution in [-0.2, 0) is 0 Å². The van der Waals surface area contributed by atoms with E-state index in [1.54, 1.807) is 0 Å². The van der Waals surface area contributed by atoms with Gasteiger partial charge in [0.15, 0.2) is 0 Å². The number of piperidine rings is 1. The summed E-state index contributed by atoms with van der Waals surface area (Å²) in [6.45, 7) is 28.0. The van der Waals surface area contributed by atoms with Crippen molar-refractivity contribution >= 4 is 0 Å². The molecule has 1 fully saturated rings. The van der Waals surface area contributed by atoms with E-state index < -0.39 is 0 Å². The molecule has 1 aliphatic carbocycles. The van der Waals surface area contributed by atoms with Crippen LogP contribution >= 0.6 is 0 Å². The Labute approximate surface area is 197 Å². The van der Waals surface area contributed by atoms with E-state index in [1.165, 1.54) is 75.6 Å². The van der Waals surface area contributed by atoms with Crippen LogP contribution in [0, 0.1) is 23.2 Å². The molecule has 2 atom stereocenters. The van der Waals surface area contributed by atoms with Crippen molar-refractivity contribution in [1.82, 2.24) is 4.90 Å². The van der Waals surface area contributed by atoms with Gasteiger partial charge in [-0.2, -0.15) is 0 Å². The van der Waals surface area contributed by atoms with E-state index in [9.17, 15) is 0 Å². The molecule has 0 spiro atoms. The summed E-state index contributed by atoms with van der Waals surface area (Å²) in [5, 5.41) is 0. The van der Waals surface area contributed by atoms with Crippen molar-refractivity contribution < 1.29 is 0 Å². The average Bonchev–Trinajstić information content (AvgIpc) is 2.75. The number of allylic oxidation sites excluding steroid dienone is 2. The molecule has 0 radical (unpaired) electrons. The van der Waals surface area contributed by atoms with Crippen molar-refractivity contribution in [3.8, 4) is 0 Å². The number of hydrogen-bond donors (Lipinski definition) is 0. The van der Waals surface area contributed by atoms with Gasteiger partial charge in [-0.05, 0) is 74.3 Å². The maximum Gasteiger partial charge on any atom is 0.0230 e. The van der Waals surface area contributed by atoms with Gasteiger partial charge in [0.25, 0.3) is 0 Å². The molecule has 2 rings (SSSR count). The fourth-order valence-corrected chi connectivity index (χ4v) is 4.41. The third-order valence-electron chi connectivity index (χ3n) is 7.23. The van der Waals surface area contributed by atoms with Crippen LogP contribution in [0.1, 0.15) is 114 Å². The molecule has 1 aliphatic heterocycles. The molecule has 0 N–H and O–H groups in total. The number of likely N-dealkylation sites (tertiary alicyclic amines) is 1. The normalized spacial score (nSPS) is 20.2. The fourth-order valence-electron chi connectivity index (χ4n) is 4.41. The zero-order valence-electron chi connectivity index (χ0n) is 22.9. The van der Waals surface area contributed by atoms with E-state index in [2.05, 4.69) is 78.2 Å². The quantitative estimate of drug-likeness (QED) is 0.328. The Morgan fingerprint density at radius 3 is 2.39 bits per heavy atom. The van der Waals surface area contributed by atoms with Crippen molar-refractivity contribution in [3.63, 3.8) is 0 Å². The standard InChI is InChI=1S/C15H23N.C13H28.C2H6/c1-13(2)15-9-6-10-16(12-15)11-14-7-4-3-5-8-14;1-7-12(4)13(5,6)10-8-9-11(2)3;1-2/h4,7-8,15H,1,3,5-6,9-12H2,2H3;11-12H,7-10H2,1-6H3;1-2H3. The fraction of sp³-hybridized carbons (Fsp3) is 0.800. The van der Waals surface area contributed by atoms with Gasteiger partial charge in [0.05, 0.1) is 0 Å². The minimum absolute atomic E-state index is 0.545. The molecule has 1 heteroatoms. The van der Waals surface area contributed by atoms with Crippen molar-refractivity contribution in [2.45, 2.75) is 114 Å². The minimum Gasteiger partial charge on any atom is -0.299 e. The molecule has 2 aliphatic rings. The highest BCUT2D eigenvalue weighted by atomic mass is 15.1. The predicted molar refractivity (Wildman–Crippen MR) is 144 cm³/mol. The molecule has 0 aromatic heterocycles. The second-order valence-electron chi connectivity index (χ2n) is 10.8. The Bertz CT molecular complexity index is 523. The monoisotopic (exact) mass is 431 g/mol. The van der Waals surface area contributed by atoms with Crippen molar-refractivity contribution in [1.29, 1.82) is 0 Å². The molecule has 1 nitrogen and oxygen atoms in total. The average molecular weight is 432 g/mol. The molecule has 0 bridgehead atoms. The zero-order valence-corrected chi connectivity index (χ0v) is 22.9. The molecular formula is C30H57N. The first-order chi connectivity index (χ1) is 14.7. The van der Waals surface area contributed by atoms with Gasteiger partial charge in [-0.3, -0.25) is 4.90 Å². The molecule has 1 heterocycles. The van der Waals surface area contributed by atoms with E-state index >= 15 is 0 Å². The van der Waals surface area contributed by atoms with Crippen LogP contribution in [0.2, 0.25) is 0 Å². The SMILES string of the molecule is C=C(C)C1CCCN(CC2=CCCC=C2)C1.CC.CCC(C)C(C)(C)CCCC(C)C. The molecule has 0 amide bonds. The summed E-state index contributed by atoms with van der Waals surface area (Å²) in [6.07, 6.45) is 17.6. The van der Waals surface area contributed by atoms with E-state index in [1.807, 2.05) is 13.8 Å². The lowest BCUT2D eigenvalue weighted by Gasteiger charge is -2.33. The largest absolute Gasteiger partial charge is 0.299 e. The maximum absolute atomic E-state index is 4.10. The Kier molecular flexibility index (Phi) is 16.3. The van der Waals surface area contributed by atoms with Crippen molar-refractivity contribution in [2.75, 3.05) is 19.6 Å². The van der Waals surface area contributed by atoms with Gasteiger partial charge < -0.3 is 0 Å². The molecule has 0 saturated carbocycles. The molecular weight excluding hydrogens is 374 g/mol. The van der Waals surface area contributed by atoms with Gasteiger partial charge in [0.2, 0.25) is 0 Å². The van der Waals surface area contributed by atoms with Gasteiger partial charge >= 0.3 is 0 Å². The Hall–Kier alpha value is -0.820. The smallest absolute Gasteiger partial charge is 0.0230 e. The number of hydrogen-bond acceptors (Lipinski definition) is 1. The van der Waals surface area contributed by atoms with E-state index in [-0.39, 0.29) is 0 Å². The summed E-state index contributed by atoms with van der Waals surface area (Å²) in [5.41, 5.74) is 3.41. The van der Waals surface area contributed by atoms with Crippen LogP contribution in [0.3, 0.4) is 0 Å². The third kappa shape index (κ3) is 13.4. The molecule has 182 valence electrons. The highest BCUT2D eigenvalue weighted by molar-refractivity contribution is 5.23. The van der Waals surface area contributed by atoms with Crippen LogP contribution in [0.5, 0.6) is 0 Å². The first-order valence-electron chi connectivity index (χ1n) is 13.4. The Morgan fingerprint density at radius 1 is 1.19 bits per heavy atom. The Balaban J connectivity index is 0.000000550. The minimum atomic E-state index is 0.545. The third-order valence-corrected chi connectivity index (χ3v) is 7.23. The van der Waals surface area contributed by atoms with Gasteiger partial charge in [-0.15, -0.1) is 0 Å². The van der Waals surface area contributed by atoms with Crippen molar-refractivity contribution in [2.24, 2.45) is 23.2 Å². The molecule has 1 saturated heterocycles.